The molecule has 3 aromatic rings. The predicted molar refractivity (Wildman–Crippen MR) is 139 cm³/mol. The number of hydrogen-bond acceptors (Lipinski definition) is 8. The Morgan fingerprint density at radius 1 is 1.16 bits per heavy atom. The van der Waals surface area contributed by atoms with E-state index in [0.29, 0.717) is 13.2 Å². The molecule has 0 saturated carbocycles. The van der Waals surface area contributed by atoms with Gasteiger partial charge in [0.2, 0.25) is 0 Å². The number of aromatic nitrogens is 5. The third kappa shape index (κ3) is 6.22. The van der Waals surface area contributed by atoms with Gasteiger partial charge in [0, 0.05) is 38.2 Å². The highest BCUT2D eigenvalue weighted by atomic mass is 16.6. The standard InChI is InChI=1S/C26H37N7O4/c1-26(2,3)37-25(34)27-9-5-7-10-35-20-15-31(16-20)22-12-19(32-17-28-29-18-32)13-23-21(22)14-30-33(23)24-8-4-6-11-36-24/h12-14,17-18,20,24H,4-11,15-16H2,1-3H3,(H,27,34). The van der Waals surface area contributed by atoms with Gasteiger partial charge in [-0.15, -0.1) is 10.2 Å². The summed E-state index contributed by atoms with van der Waals surface area (Å²) in [4.78, 5) is 14.1. The Labute approximate surface area is 217 Å². The van der Waals surface area contributed by atoms with Crippen molar-refractivity contribution in [3.63, 3.8) is 0 Å². The van der Waals surface area contributed by atoms with Crippen LogP contribution in [0.25, 0.3) is 16.6 Å². The number of carbonyl (C=O) groups excluding carboxylic acids is 1. The number of hydrogen-bond donors (Lipinski definition) is 1. The molecule has 0 bridgehead atoms. The Morgan fingerprint density at radius 3 is 2.70 bits per heavy atom. The van der Waals surface area contributed by atoms with E-state index in [-0.39, 0.29) is 18.4 Å². The van der Waals surface area contributed by atoms with Crippen molar-refractivity contribution in [2.75, 3.05) is 37.7 Å². The molecule has 2 aliphatic heterocycles. The van der Waals surface area contributed by atoms with E-state index in [9.17, 15) is 4.79 Å². The first-order valence-electron chi connectivity index (χ1n) is 13.2. The molecule has 200 valence electrons. The molecule has 1 atom stereocenters. The normalized spacial score (nSPS) is 18.7. The molecule has 1 aromatic carbocycles. The number of rotatable bonds is 9. The molecule has 0 aliphatic carbocycles. The number of carbonyl (C=O) groups is 1. The summed E-state index contributed by atoms with van der Waals surface area (Å²) in [6, 6.07) is 4.30. The number of amides is 1. The Bertz CT molecular complexity index is 1180. The quantitative estimate of drug-likeness (QED) is 0.432. The lowest BCUT2D eigenvalue weighted by Gasteiger charge is -2.41. The van der Waals surface area contributed by atoms with Crippen molar-refractivity contribution in [2.24, 2.45) is 0 Å². The Hall–Kier alpha value is -3.18. The minimum atomic E-state index is -0.480. The predicted octanol–water partition coefficient (Wildman–Crippen LogP) is 3.83. The summed E-state index contributed by atoms with van der Waals surface area (Å²) in [6.07, 6.45) is 10.1. The van der Waals surface area contributed by atoms with Gasteiger partial charge in [0.1, 0.15) is 18.3 Å². The Morgan fingerprint density at radius 2 is 1.97 bits per heavy atom. The highest BCUT2D eigenvalue weighted by molar-refractivity contribution is 5.94. The molecule has 11 nitrogen and oxygen atoms in total. The summed E-state index contributed by atoms with van der Waals surface area (Å²) in [7, 11) is 0. The largest absolute Gasteiger partial charge is 0.444 e. The van der Waals surface area contributed by atoms with Crippen LogP contribution in [-0.4, -0.2) is 75.2 Å². The second kappa shape index (κ2) is 11.1. The van der Waals surface area contributed by atoms with Crippen molar-refractivity contribution in [3.05, 3.63) is 31.0 Å². The molecule has 11 heteroatoms. The highest BCUT2D eigenvalue weighted by Gasteiger charge is 2.30. The molecule has 2 saturated heterocycles. The van der Waals surface area contributed by atoms with Gasteiger partial charge in [-0.2, -0.15) is 5.10 Å². The molecule has 2 aliphatic rings. The minimum Gasteiger partial charge on any atom is -0.444 e. The van der Waals surface area contributed by atoms with Crippen molar-refractivity contribution in [1.29, 1.82) is 0 Å². The number of fused-ring (bicyclic) bond motifs is 1. The van der Waals surface area contributed by atoms with E-state index in [1.807, 2.05) is 36.2 Å². The molecule has 0 spiro atoms. The molecular weight excluding hydrogens is 474 g/mol. The second-order valence-corrected chi connectivity index (χ2v) is 10.7. The van der Waals surface area contributed by atoms with Crippen LogP contribution < -0.4 is 10.2 Å². The topological polar surface area (TPSA) is 109 Å². The highest BCUT2D eigenvalue weighted by Crippen LogP contribution is 2.36. The van der Waals surface area contributed by atoms with Crippen LogP contribution in [0.4, 0.5) is 10.5 Å². The number of anilines is 1. The van der Waals surface area contributed by atoms with Crippen LogP contribution in [0.2, 0.25) is 0 Å². The summed E-state index contributed by atoms with van der Waals surface area (Å²) < 4.78 is 21.3. The van der Waals surface area contributed by atoms with Gasteiger partial charge in [0.25, 0.3) is 0 Å². The molecule has 2 fully saturated rings. The molecule has 37 heavy (non-hydrogen) atoms. The van der Waals surface area contributed by atoms with E-state index in [4.69, 9.17) is 19.3 Å². The number of ether oxygens (including phenoxy) is 3. The SMILES string of the molecule is CC(C)(C)OC(=O)NCCCCOC1CN(c2cc(-n3cnnc3)cc3c2cnn3C2CCCCO2)C1. The maximum absolute atomic E-state index is 11.7. The molecule has 4 heterocycles. The molecule has 5 rings (SSSR count). The van der Waals surface area contributed by atoms with Crippen LogP contribution in [0, 0.1) is 0 Å². The van der Waals surface area contributed by atoms with Crippen molar-refractivity contribution in [2.45, 2.75) is 70.8 Å². The maximum Gasteiger partial charge on any atom is 0.407 e. The number of alkyl carbamates (subject to hydrolysis) is 1. The first-order chi connectivity index (χ1) is 17.9. The fraction of sp³-hybridized carbons (Fsp3) is 0.615. The van der Waals surface area contributed by atoms with E-state index in [1.165, 1.54) is 0 Å². The zero-order valence-electron chi connectivity index (χ0n) is 21.9. The first kappa shape index (κ1) is 25.5. The van der Waals surface area contributed by atoms with E-state index in [1.54, 1.807) is 12.7 Å². The summed E-state index contributed by atoms with van der Waals surface area (Å²) in [5, 5.41) is 16.6. The van der Waals surface area contributed by atoms with Crippen LogP contribution in [0.15, 0.2) is 31.0 Å². The number of nitrogens with one attached hydrogen (secondary N) is 1. The minimum absolute atomic E-state index is 0.0347. The van der Waals surface area contributed by atoms with Crippen LogP contribution in [0.3, 0.4) is 0 Å². The molecular formula is C26H37N7O4. The van der Waals surface area contributed by atoms with Crippen LogP contribution in [-0.2, 0) is 14.2 Å². The molecule has 1 amide bonds. The van der Waals surface area contributed by atoms with Gasteiger partial charge in [-0.1, -0.05) is 0 Å². The van der Waals surface area contributed by atoms with E-state index >= 15 is 0 Å². The third-order valence-electron chi connectivity index (χ3n) is 6.61. The smallest absolute Gasteiger partial charge is 0.407 e. The number of unbranched alkanes of at least 4 members (excludes halogenated alkanes) is 1. The van der Waals surface area contributed by atoms with Crippen molar-refractivity contribution < 1.29 is 19.0 Å². The average Bonchev–Trinajstić information content (AvgIpc) is 3.52. The Kier molecular flexibility index (Phi) is 7.61. The summed E-state index contributed by atoms with van der Waals surface area (Å²) >= 11 is 0. The fourth-order valence-corrected chi connectivity index (χ4v) is 4.73. The van der Waals surface area contributed by atoms with Gasteiger partial charge in [-0.25, -0.2) is 9.48 Å². The summed E-state index contributed by atoms with van der Waals surface area (Å²) in [5.41, 5.74) is 2.69. The zero-order valence-corrected chi connectivity index (χ0v) is 21.9. The van der Waals surface area contributed by atoms with Crippen LogP contribution in [0.1, 0.15) is 59.1 Å². The molecule has 1 N–H and O–H groups in total. The van der Waals surface area contributed by atoms with Gasteiger partial charge < -0.3 is 24.4 Å². The summed E-state index contributed by atoms with van der Waals surface area (Å²) in [6.45, 7) is 9.23. The maximum atomic E-state index is 11.7. The Balaban J connectivity index is 1.17. The molecule has 2 aromatic heterocycles. The molecule has 0 radical (unpaired) electrons. The fourth-order valence-electron chi connectivity index (χ4n) is 4.73. The van der Waals surface area contributed by atoms with Gasteiger partial charge in [-0.05, 0) is 65.0 Å². The van der Waals surface area contributed by atoms with Gasteiger partial charge in [0.15, 0.2) is 6.23 Å². The summed E-state index contributed by atoms with van der Waals surface area (Å²) in [5.74, 6) is 0. The lowest BCUT2D eigenvalue weighted by molar-refractivity contribution is -0.0366. The average molecular weight is 512 g/mol. The zero-order chi connectivity index (χ0) is 25.8. The number of benzene rings is 1. The number of nitrogens with zero attached hydrogens (tertiary/aromatic N) is 6. The van der Waals surface area contributed by atoms with Gasteiger partial charge in [0.05, 0.1) is 29.2 Å². The van der Waals surface area contributed by atoms with E-state index in [2.05, 4.69) is 32.5 Å². The van der Waals surface area contributed by atoms with Crippen molar-refractivity contribution >= 4 is 22.7 Å². The molecule has 1 unspecified atom stereocenters. The van der Waals surface area contributed by atoms with E-state index < -0.39 is 5.60 Å². The van der Waals surface area contributed by atoms with Gasteiger partial charge >= 0.3 is 6.09 Å². The first-order valence-corrected chi connectivity index (χ1v) is 13.2. The van der Waals surface area contributed by atoms with Crippen molar-refractivity contribution in [3.8, 4) is 5.69 Å². The second-order valence-electron chi connectivity index (χ2n) is 10.7. The van der Waals surface area contributed by atoms with Gasteiger partial charge in [-0.3, -0.25) is 4.57 Å². The van der Waals surface area contributed by atoms with Crippen LogP contribution in [0.5, 0.6) is 0 Å². The monoisotopic (exact) mass is 511 g/mol. The van der Waals surface area contributed by atoms with Crippen LogP contribution >= 0.6 is 0 Å². The van der Waals surface area contributed by atoms with Crippen molar-refractivity contribution in [1.82, 2.24) is 29.9 Å². The third-order valence-corrected chi connectivity index (χ3v) is 6.61. The lowest BCUT2D eigenvalue weighted by Crippen LogP contribution is -2.52. The van der Waals surface area contributed by atoms with E-state index in [0.717, 1.165) is 74.1 Å². The lowest BCUT2D eigenvalue weighted by atomic mass is 10.1.